The number of anilines is 1. The van der Waals surface area contributed by atoms with Crippen LogP contribution in [0.15, 0.2) is 24.4 Å². The van der Waals surface area contributed by atoms with Crippen LogP contribution in [0.25, 0.3) is 5.69 Å². The van der Waals surface area contributed by atoms with Gasteiger partial charge in [-0.05, 0) is 12.1 Å². The van der Waals surface area contributed by atoms with Gasteiger partial charge >= 0.3 is 11.9 Å². The van der Waals surface area contributed by atoms with Crippen LogP contribution in [0.1, 0.15) is 18.5 Å². The smallest absolute Gasteiger partial charge is 0.308 e. The maximum Gasteiger partial charge on any atom is 0.308 e. The Bertz CT molecular complexity index is 1130. The van der Waals surface area contributed by atoms with Crippen LogP contribution in [0.3, 0.4) is 0 Å². The highest BCUT2D eigenvalue weighted by atomic mass is 32.1. The summed E-state index contributed by atoms with van der Waals surface area (Å²) in [4.78, 5) is 48.8. The molecule has 1 aromatic carbocycles. The number of nitrogens with zero attached hydrogens (tertiary/aromatic N) is 5. The van der Waals surface area contributed by atoms with Gasteiger partial charge in [-0.1, -0.05) is 17.4 Å². The Morgan fingerprint density at radius 1 is 1.26 bits per heavy atom. The minimum Gasteiger partial charge on any atom is -0.469 e. The van der Waals surface area contributed by atoms with Crippen LogP contribution in [-0.2, 0) is 35.2 Å². The number of methoxy groups -OCH3 is 1. The van der Waals surface area contributed by atoms with Crippen molar-refractivity contribution in [3.8, 4) is 5.69 Å². The summed E-state index contributed by atoms with van der Waals surface area (Å²) in [6.07, 6.45) is 1.84. The molecule has 3 rings (SSSR count). The van der Waals surface area contributed by atoms with E-state index in [4.69, 9.17) is 17.0 Å². The number of benzene rings is 1. The molecule has 12 nitrogen and oxygen atoms in total. The van der Waals surface area contributed by atoms with Gasteiger partial charge in [0.05, 0.1) is 50.6 Å². The van der Waals surface area contributed by atoms with Crippen LogP contribution in [0.2, 0.25) is 0 Å². The van der Waals surface area contributed by atoms with E-state index in [1.165, 1.54) is 22.8 Å². The monoisotopic (exact) mass is 506 g/mol. The van der Waals surface area contributed by atoms with Gasteiger partial charge in [-0.15, -0.1) is 5.10 Å². The summed E-state index contributed by atoms with van der Waals surface area (Å²) in [5, 5.41) is 10.6. The first kappa shape index (κ1) is 25.7. The lowest BCUT2D eigenvalue weighted by Gasteiger charge is -2.35. The fourth-order valence-electron chi connectivity index (χ4n) is 3.20. The highest BCUT2D eigenvalue weighted by Crippen LogP contribution is 2.24. The SMILES string of the molecule is COC(=O)CCC(=O)OCN1CCN(c2ccc(-n3cc(CNC(=S)C=O)nn3)cc2F)CC1=O. The van der Waals surface area contributed by atoms with Crippen LogP contribution in [0.5, 0.6) is 0 Å². The Morgan fingerprint density at radius 3 is 2.71 bits per heavy atom. The fourth-order valence-corrected chi connectivity index (χ4v) is 3.27. The standard InChI is InChI=1S/C21H23FN6O6S/c1-33-20(31)4-5-21(32)34-13-27-7-6-26(11-19(27)30)17-3-2-15(8-16(17)22)28-10-14(24-25-28)9-23-18(35)12-29/h2-3,8,10,12H,4-7,9,11,13H2,1H3,(H,23,35). The Kier molecular flexibility index (Phi) is 8.78. The summed E-state index contributed by atoms with van der Waals surface area (Å²) in [6, 6.07) is 4.46. The maximum atomic E-state index is 14.9. The molecule has 1 aromatic heterocycles. The van der Waals surface area contributed by atoms with Crippen LogP contribution >= 0.6 is 12.2 Å². The van der Waals surface area contributed by atoms with Gasteiger partial charge in [0.2, 0.25) is 5.91 Å². The van der Waals surface area contributed by atoms with Gasteiger partial charge in [0.1, 0.15) is 16.5 Å². The van der Waals surface area contributed by atoms with E-state index in [0.29, 0.717) is 24.2 Å². The molecule has 1 aliphatic heterocycles. The van der Waals surface area contributed by atoms with E-state index in [1.807, 2.05) is 0 Å². The normalized spacial score (nSPS) is 13.4. The number of hydrogen-bond acceptors (Lipinski definition) is 10. The van der Waals surface area contributed by atoms with Crippen molar-refractivity contribution in [2.45, 2.75) is 19.4 Å². The number of nitrogens with one attached hydrogen (secondary N) is 1. The minimum atomic E-state index is -0.620. The number of piperazine rings is 1. The molecule has 1 fully saturated rings. The number of aromatic nitrogens is 3. The third-order valence-corrected chi connectivity index (χ3v) is 5.33. The lowest BCUT2D eigenvalue weighted by molar-refractivity contribution is -0.155. The molecule has 0 bridgehead atoms. The number of aldehydes is 1. The van der Waals surface area contributed by atoms with Crippen LogP contribution < -0.4 is 10.2 Å². The van der Waals surface area contributed by atoms with E-state index in [1.54, 1.807) is 23.2 Å². The van der Waals surface area contributed by atoms with Crippen molar-refractivity contribution in [1.82, 2.24) is 25.2 Å². The van der Waals surface area contributed by atoms with Gasteiger partial charge < -0.3 is 24.6 Å². The largest absolute Gasteiger partial charge is 0.469 e. The summed E-state index contributed by atoms with van der Waals surface area (Å²) in [7, 11) is 1.22. The van der Waals surface area contributed by atoms with Gasteiger partial charge in [-0.2, -0.15) is 0 Å². The molecule has 1 saturated heterocycles. The molecule has 0 radical (unpaired) electrons. The zero-order valence-electron chi connectivity index (χ0n) is 18.8. The number of thiocarbonyl (C=S) groups is 1. The molecular formula is C21H23FN6O6S. The van der Waals surface area contributed by atoms with Crippen molar-refractivity contribution in [2.75, 3.05) is 38.4 Å². The van der Waals surface area contributed by atoms with Gasteiger partial charge in [0.25, 0.3) is 0 Å². The van der Waals surface area contributed by atoms with E-state index < -0.39 is 17.8 Å². The van der Waals surface area contributed by atoms with E-state index in [9.17, 15) is 23.6 Å². The zero-order valence-corrected chi connectivity index (χ0v) is 19.6. The molecule has 2 aromatic rings. The second kappa shape index (κ2) is 12.0. The third-order valence-electron chi connectivity index (χ3n) is 5.09. The Hall–Kier alpha value is -3.94. The van der Waals surface area contributed by atoms with Crippen molar-refractivity contribution >= 4 is 47.0 Å². The first-order valence-corrected chi connectivity index (χ1v) is 10.9. The van der Waals surface area contributed by atoms with Crippen molar-refractivity contribution in [3.05, 3.63) is 35.9 Å². The summed E-state index contributed by atoms with van der Waals surface area (Å²) in [5.74, 6) is -2.02. The summed E-state index contributed by atoms with van der Waals surface area (Å²) >= 11 is 4.76. The van der Waals surface area contributed by atoms with E-state index in [-0.39, 0.29) is 55.8 Å². The first-order chi connectivity index (χ1) is 16.8. The lowest BCUT2D eigenvalue weighted by atomic mass is 10.2. The van der Waals surface area contributed by atoms with Crippen LogP contribution in [0.4, 0.5) is 10.1 Å². The number of hydrogen-bond donors (Lipinski definition) is 1. The van der Waals surface area contributed by atoms with Crippen molar-refractivity contribution in [2.24, 2.45) is 0 Å². The van der Waals surface area contributed by atoms with Gasteiger partial charge in [-0.25, -0.2) is 9.07 Å². The molecule has 14 heteroatoms. The van der Waals surface area contributed by atoms with Crippen molar-refractivity contribution in [1.29, 1.82) is 0 Å². The molecule has 0 unspecified atom stereocenters. The minimum absolute atomic E-state index is 0.0429. The van der Waals surface area contributed by atoms with Crippen molar-refractivity contribution < 1.29 is 33.0 Å². The van der Waals surface area contributed by atoms with E-state index >= 15 is 0 Å². The molecule has 1 aliphatic rings. The van der Waals surface area contributed by atoms with Gasteiger partial charge in [-0.3, -0.25) is 19.2 Å². The number of halogens is 1. The predicted molar refractivity (Wildman–Crippen MR) is 123 cm³/mol. The number of esters is 2. The Labute approximate surface area is 204 Å². The predicted octanol–water partition coefficient (Wildman–Crippen LogP) is 0.125. The van der Waals surface area contributed by atoms with Gasteiger partial charge in [0, 0.05) is 19.2 Å². The fraction of sp³-hybridized carbons (Fsp3) is 0.381. The average Bonchev–Trinajstić information content (AvgIpc) is 3.34. The number of ether oxygens (including phenoxy) is 2. The first-order valence-electron chi connectivity index (χ1n) is 10.5. The Balaban J connectivity index is 1.54. The molecule has 35 heavy (non-hydrogen) atoms. The highest BCUT2D eigenvalue weighted by molar-refractivity contribution is 7.81. The number of carbonyl (C=O) groups excluding carboxylic acids is 4. The van der Waals surface area contributed by atoms with Crippen LogP contribution in [0, 0.1) is 5.82 Å². The maximum absolute atomic E-state index is 14.9. The molecule has 0 spiro atoms. The summed E-state index contributed by atoms with van der Waals surface area (Å²) in [6.45, 7) is 0.427. The molecule has 1 N–H and O–H groups in total. The molecular weight excluding hydrogens is 483 g/mol. The second-order valence-electron chi connectivity index (χ2n) is 7.43. The molecule has 0 aliphatic carbocycles. The van der Waals surface area contributed by atoms with Gasteiger partial charge in [0.15, 0.2) is 13.0 Å². The zero-order chi connectivity index (χ0) is 25.4. The topological polar surface area (TPSA) is 136 Å². The second-order valence-corrected chi connectivity index (χ2v) is 7.87. The quantitative estimate of drug-likeness (QED) is 0.267. The number of carbonyl (C=O) groups is 4. The molecule has 2 heterocycles. The average molecular weight is 507 g/mol. The highest BCUT2D eigenvalue weighted by Gasteiger charge is 2.26. The number of amides is 1. The third kappa shape index (κ3) is 7.02. The van der Waals surface area contributed by atoms with E-state index in [0.717, 1.165) is 0 Å². The van der Waals surface area contributed by atoms with Crippen LogP contribution in [-0.4, -0.2) is 82.5 Å². The Morgan fingerprint density at radius 2 is 2.03 bits per heavy atom. The van der Waals surface area contributed by atoms with E-state index in [2.05, 4.69) is 20.4 Å². The summed E-state index contributed by atoms with van der Waals surface area (Å²) in [5.41, 5.74) is 1.17. The molecule has 0 saturated carbocycles. The molecule has 0 atom stereocenters. The molecule has 186 valence electrons. The van der Waals surface area contributed by atoms with Crippen molar-refractivity contribution in [3.63, 3.8) is 0 Å². The molecule has 1 amide bonds. The number of rotatable bonds is 10. The lowest BCUT2D eigenvalue weighted by Crippen LogP contribution is -2.51. The summed E-state index contributed by atoms with van der Waals surface area (Å²) < 4.78 is 25.8.